The Hall–Kier alpha value is -0.480. The lowest BCUT2D eigenvalue weighted by atomic mass is 10.1. The molecular weight excluding hydrogens is 368 g/mol. The van der Waals surface area contributed by atoms with Crippen molar-refractivity contribution in [3.8, 4) is 0 Å². The van der Waals surface area contributed by atoms with E-state index < -0.39 is 25.6 Å². The summed E-state index contributed by atoms with van der Waals surface area (Å²) in [6.45, 7) is 3.13. The maximum atomic E-state index is 12.1. The number of halogens is 1. The fourth-order valence-electron chi connectivity index (χ4n) is 1.53. The number of rotatable bonds is 6. The molecule has 0 radical (unpaired) electrons. The van der Waals surface area contributed by atoms with E-state index in [9.17, 15) is 16.8 Å². The summed E-state index contributed by atoms with van der Waals surface area (Å²) in [6, 6.07) is 6.26. The molecule has 0 saturated heterocycles. The van der Waals surface area contributed by atoms with Crippen molar-refractivity contribution in [3.05, 3.63) is 28.7 Å². The standard InChI is InChI=1S/C11H17BrN2O4S2/c1-11(2,14-19(3,15)16)8-13-20(17,18)10-6-4-5-9(12)7-10/h4-7,13-14H,8H2,1-3H3. The lowest BCUT2D eigenvalue weighted by Gasteiger charge is -2.25. The van der Waals surface area contributed by atoms with Crippen molar-refractivity contribution in [2.75, 3.05) is 12.8 Å². The molecule has 0 spiro atoms. The van der Waals surface area contributed by atoms with Crippen LogP contribution in [0.3, 0.4) is 0 Å². The molecule has 0 atom stereocenters. The van der Waals surface area contributed by atoms with Crippen LogP contribution in [0.5, 0.6) is 0 Å². The van der Waals surface area contributed by atoms with Crippen molar-refractivity contribution >= 4 is 36.0 Å². The molecule has 2 N–H and O–H groups in total. The topological polar surface area (TPSA) is 92.3 Å². The van der Waals surface area contributed by atoms with Gasteiger partial charge in [-0.05, 0) is 32.0 Å². The average Bonchev–Trinajstić information content (AvgIpc) is 2.24. The maximum Gasteiger partial charge on any atom is 0.240 e. The summed E-state index contributed by atoms with van der Waals surface area (Å²) in [5.41, 5.74) is -0.924. The van der Waals surface area contributed by atoms with Gasteiger partial charge in [0.2, 0.25) is 20.0 Å². The summed E-state index contributed by atoms with van der Waals surface area (Å²) in [5.74, 6) is 0. The van der Waals surface area contributed by atoms with Gasteiger partial charge in [0.05, 0.1) is 11.2 Å². The molecule has 0 amide bonds. The van der Waals surface area contributed by atoms with Crippen LogP contribution in [-0.2, 0) is 20.0 Å². The monoisotopic (exact) mass is 384 g/mol. The maximum absolute atomic E-state index is 12.1. The molecule has 0 aromatic heterocycles. The molecular formula is C11H17BrN2O4S2. The van der Waals surface area contributed by atoms with Crippen LogP contribution in [0.2, 0.25) is 0 Å². The fourth-order valence-corrected chi connectivity index (χ4v) is 4.41. The van der Waals surface area contributed by atoms with Gasteiger partial charge in [0.15, 0.2) is 0 Å². The molecule has 0 unspecified atom stereocenters. The quantitative estimate of drug-likeness (QED) is 0.766. The SMILES string of the molecule is CC(C)(CNS(=O)(=O)c1cccc(Br)c1)NS(C)(=O)=O. The van der Waals surface area contributed by atoms with Gasteiger partial charge in [-0.25, -0.2) is 26.3 Å². The summed E-state index contributed by atoms with van der Waals surface area (Å²) in [6.07, 6.45) is 1.03. The first-order valence-corrected chi connectivity index (χ1v) is 9.82. The van der Waals surface area contributed by atoms with Crippen molar-refractivity contribution in [1.82, 2.24) is 9.44 Å². The number of sulfonamides is 2. The second kappa shape index (κ2) is 6.10. The molecule has 0 bridgehead atoms. The summed E-state index contributed by atoms with van der Waals surface area (Å²) < 4.78 is 52.0. The minimum Gasteiger partial charge on any atom is -0.213 e. The van der Waals surface area contributed by atoms with Gasteiger partial charge in [-0.2, -0.15) is 0 Å². The van der Waals surface area contributed by atoms with Crippen LogP contribution in [-0.4, -0.2) is 35.2 Å². The van der Waals surface area contributed by atoms with Gasteiger partial charge >= 0.3 is 0 Å². The third-order valence-electron chi connectivity index (χ3n) is 2.27. The first-order chi connectivity index (χ1) is 8.91. The van der Waals surface area contributed by atoms with Gasteiger partial charge in [0.25, 0.3) is 0 Å². The highest BCUT2D eigenvalue weighted by atomic mass is 79.9. The van der Waals surface area contributed by atoms with Gasteiger partial charge < -0.3 is 0 Å². The van der Waals surface area contributed by atoms with E-state index in [1.165, 1.54) is 12.1 Å². The summed E-state index contributed by atoms with van der Waals surface area (Å²) in [5, 5.41) is 0. The molecule has 0 heterocycles. The van der Waals surface area contributed by atoms with Gasteiger partial charge in [0.1, 0.15) is 0 Å². The molecule has 1 aromatic carbocycles. The van der Waals surface area contributed by atoms with Gasteiger partial charge in [-0.3, -0.25) is 0 Å². The Kier molecular flexibility index (Phi) is 5.36. The van der Waals surface area contributed by atoms with E-state index in [1.54, 1.807) is 26.0 Å². The molecule has 6 nitrogen and oxygen atoms in total. The van der Waals surface area contributed by atoms with E-state index in [0.717, 1.165) is 6.26 Å². The van der Waals surface area contributed by atoms with Crippen molar-refractivity contribution in [2.24, 2.45) is 0 Å². The van der Waals surface area contributed by atoms with Crippen LogP contribution in [0, 0.1) is 0 Å². The van der Waals surface area contributed by atoms with Gasteiger partial charge in [-0.15, -0.1) is 0 Å². The lowest BCUT2D eigenvalue weighted by molar-refractivity contribution is 0.446. The first-order valence-electron chi connectivity index (χ1n) is 5.65. The van der Waals surface area contributed by atoms with Crippen molar-refractivity contribution < 1.29 is 16.8 Å². The Balaban J connectivity index is 2.83. The first kappa shape index (κ1) is 17.6. The number of nitrogens with one attached hydrogen (secondary N) is 2. The van der Waals surface area contributed by atoms with E-state index in [4.69, 9.17) is 0 Å². The Morgan fingerprint density at radius 3 is 2.30 bits per heavy atom. The average molecular weight is 385 g/mol. The Bertz CT molecular complexity index is 684. The van der Waals surface area contributed by atoms with E-state index in [-0.39, 0.29) is 11.4 Å². The molecule has 20 heavy (non-hydrogen) atoms. The molecule has 1 aromatic rings. The zero-order chi connectivity index (χ0) is 15.6. The van der Waals surface area contributed by atoms with Crippen LogP contribution in [0.1, 0.15) is 13.8 Å². The fraction of sp³-hybridized carbons (Fsp3) is 0.455. The molecule has 0 saturated carbocycles. The Labute approximate surface area is 128 Å². The zero-order valence-corrected chi connectivity index (χ0v) is 14.6. The predicted molar refractivity (Wildman–Crippen MR) is 81.4 cm³/mol. The van der Waals surface area contributed by atoms with Crippen molar-refractivity contribution in [2.45, 2.75) is 24.3 Å². The molecule has 0 aliphatic carbocycles. The minimum atomic E-state index is -3.69. The number of hydrogen-bond donors (Lipinski definition) is 2. The molecule has 0 fully saturated rings. The van der Waals surface area contributed by atoms with Gasteiger partial charge in [-0.1, -0.05) is 22.0 Å². The number of hydrogen-bond acceptors (Lipinski definition) is 4. The summed E-state index contributed by atoms with van der Waals surface area (Å²) >= 11 is 3.20. The summed E-state index contributed by atoms with van der Waals surface area (Å²) in [7, 11) is -7.10. The number of benzene rings is 1. The predicted octanol–water partition coefficient (Wildman–Crippen LogP) is 1.06. The van der Waals surface area contributed by atoms with Gasteiger partial charge in [0, 0.05) is 16.6 Å². The molecule has 9 heteroatoms. The van der Waals surface area contributed by atoms with Crippen molar-refractivity contribution in [1.29, 1.82) is 0 Å². The zero-order valence-electron chi connectivity index (χ0n) is 11.3. The van der Waals surface area contributed by atoms with E-state index >= 15 is 0 Å². The molecule has 1 rings (SSSR count). The highest BCUT2D eigenvalue weighted by molar-refractivity contribution is 9.10. The van der Waals surface area contributed by atoms with E-state index in [0.29, 0.717) is 4.47 Å². The highest BCUT2D eigenvalue weighted by Crippen LogP contribution is 2.16. The van der Waals surface area contributed by atoms with Crippen LogP contribution >= 0.6 is 15.9 Å². The molecule has 0 aliphatic rings. The Morgan fingerprint density at radius 2 is 1.80 bits per heavy atom. The normalized spacial score (nSPS) is 13.4. The third kappa shape index (κ3) is 5.88. The molecule has 0 aliphatic heterocycles. The largest absolute Gasteiger partial charge is 0.240 e. The van der Waals surface area contributed by atoms with Crippen LogP contribution < -0.4 is 9.44 Å². The van der Waals surface area contributed by atoms with Crippen molar-refractivity contribution in [3.63, 3.8) is 0 Å². The third-order valence-corrected chi connectivity index (χ3v) is 5.09. The van der Waals surface area contributed by atoms with Crippen LogP contribution in [0.4, 0.5) is 0 Å². The van der Waals surface area contributed by atoms with Crippen LogP contribution in [0.15, 0.2) is 33.6 Å². The lowest BCUT2D eigenvalue weighted by Crippen LogP contribution is -2.50. The molecule has 114 valence electrons. The smallest absolute Gasteiger partial charge is 0.213 e. The van der Waals surface area contributed by atoms with E-state index in [1.807, 2.05) is 0 Å². The highest BCUT2D eigenvalue weighted by Gasteiger charge is 2.25. The van der Waals surface area contributed by atoms with E-state index in [2.05, 4.69) is 25.4 Å². The minimum absolute atomic E-state index is 0.0606. The summed E-state index contributed by atoms with van der Waals surface area (Å²) in [4.78, 5) is 0.113. The van der Waals surface area contributed by atoms with Crippen LogP contribution in [0.25, 0.3) is 0 Å². The second-order valence-electron chi connectivity index (χ2n) is 5.04. The second-order valence-corrected chi connectivity index (χ2v) is 9.47. The Morgan fingerprint density at radius 1 is 1.20 bits per heavy atom.